The molecule has 1 heterocycles. The minimum Gasteiger partial charge on any atom is -0.460 e. The molecule has 0 spiro atoms. The molecular weight excluding hydrogens is 288 g/mol. The fraction of sp³-hybridized carbons (Fsp3) is 0.316. The van der Waals surface area contributed by atoms with E-state index in [1.54, 1.807) is 0 Å². The summed E-state index contributed by atoms with van der Waals surface area (Å²) in [4.78, 5) is 12.7. The van der Waals surface area contributed by atoms with Gasteiger partial charge in [0.05, 0.1) is 0 Å². The highest BCUT2D eigenvalue weighted by Crippen LogP contribution is 2.22. The summed E-state index contributed by atoms with van der Waals surface area (Å²) in [5.74, 6) is -0.216. The lowest BCUT2D eigenvalue weighted by Gasteiger charge is -2.26. The largest absolute Gasteiger partial charge is 0.460 e. The van der Waals surface area contributed by atoms with Crippen molar-refractivity contribution < 1.29 is 9.53 Å². The number of benzene rings is 2. The number of esters is 1. The van der Waals surface area contributed by atoms with E-state index in [9.17, 15) is 4.79 Å². The highest BCUT2D eigenvalue weighted by molar-refractivity contribution is 5.81. The van der Waals surface area contributed by atoms with E-state index in [0.717, 1.165) is 37.2 Å². The van der Waals surface area contributed by atoms with Crippen molar-refractivity contribution in [2.24, 2.45) is 0 Å². The number of carbonyl (C=O) groups excluding carboxylic acids is 1. The van der Waals surface area contributed by atoms with Crippen LogP contribution in [0.3, 0.4) is 0 Å². The van der Waals surface area contributed by atoms with Gasteiger partial charge in [-0.1, -0.05) is 48.5 Å². The lowest BCUT2D eigenvalue weighted by atomic mass is 10.1. The van der Waals surface area contributed by atoms with E-state index in [1.165, 1.54) is 0 Å². The second-order valence-corrected chi connectivity index (χ2v) is 5.74. The summed E-state index contributed by atoms with van der Waals surface area (Å²) in [6.07, 6.45) is 1.75. The smallest absolute Gasteiger partial charge is 0.333 e. The monoisotopic (exact) mass is 310 g/mol. The number of carbonyl (C=O) groups is 1. The van der Waals surface area contributed by atoms with Gasteiger partial charge >= 0.3 is 5.97 Å². The summed E-state index contributed by atoms with van der Waals surface area (Å²) in [6.45, 7) is 1.81. The summed E-state index contributed by atoms with van der Waals surface area (Å²) in [6, 6.07) is 19.0. The van der Waals surface area contributed by atoms with Crippen molar-refractivity contribution in [2.75, 3.05) is 18.4 Å². The number of ether oxygens (including phenoxy) is 1. The fourth-order valence-electron chi connectivity index (χ4n) is 2.77. The molecule has 1 aliphatic rings. The first-order valence-electron chi connectivity index (χ1n) is 8.10. The summed E-state index contributed by atoms with van der Waals surface area (Å²) in [5.41, 5.74) is 1.82. The van der Waals surface area contributed by atoms with Crippen LogP contribution in [0.1, 0.15) is 24.4 Å². The molecule has 0 bridgehead atoms. The maximum atomic E-state index is 12.7. The Balaban J connectivity index is 1.75. The summed E-state index contributed by atoms with van der Waals surface area (Å²) < 4.78 is 5.74. The summed E-state index contributed by atoms with van der Waals surface area (Å²) >= 11 is 0. The van der Waals surface area contributed by atoms with Gasteiger partial charge in [-0.3, -0.25) is 0 Å². The molecule has 1 aliphatic heterocycles. The molecule has 4 heteroatoms. The SMILES string of the molecule is O=C(OC1CCNCC1)C(Nc1ccccc1)c1ccccc1. The Labute approximate surface area is 136 Å². The Hall–Kier alpha value is -2.33. The lowest BCUT2D eigenvalue weighted by molar-refractivity contribution is -0.151. The maximum Gasteiger partial charge on any atom is 0.333 e. The molecule has 0 aliphatic carbocycles. The fourth-order valence-corrected chi connectivity index (χ4v) is 2.77. The Morgan fingerprint density at radius 3 is 2.26 bits per heavy atom. The number of hydrogen-bond acceptors (Lipinski definition) is 4. The van der Waals surface area contributed by atoms with Crippen molar-refractivity contribution in [3.63, 3.8) is 0 Å². The van der Waals surface area contributed by atoms with Crippen molar-refractivity contribution in [2.45, 2.75) is 25.0 Å². The molecular formula is C19H22N2O2. The van der Waals surface area contributed by atoms with Gasteiger partial charge in [-0.2, -0.15) is 0 Å². The number of piperidine rings is 1. The van der Waals surface area contributed by atoms with Gasteiger partial charge in [-0.05, 0) is 43.6 Å². The third-order valence-electron chi connectivity index (χ3n) is 4.02. The molecule has 2 aromatic rings. The molecule has 120 valence electrons. The first kappa shape index (κ1) is 15.6. The average Bonchev–Trinajstić information content (AvgIpc) is 2.62. The molecule has 4 nitrogen and oxygen atoms in total. The van der Waals surface area contributed by atoms with Gasteiger partial charge in [0.15, 0.2) is 6.04 Å². The van der Waals surface area contributed by atoms with E-state index in [0.29, 0.717) is 0 Å². The molecule has 1 atom stereocenters. The molecule has 0 saturated carbocycles. The van der Waals surface area contributed by atoms with Crippen molar-refractivity contribution >= 4 is 11.7 Å². The van der Waals surface area contributed by atoms with E-state index in [1.807, 2.05) is 60.7 Å². The van der Waals surface area contributed by atoms with Crippen LogP contribution in [0.25, 0.3) is 0 Å². The molecule has 3 rings (SSSR count). The Kier molecular flexibility index (Phi) is 5.27. The number of nitrogens with one attached hydrogen (secondary N) is 2. The standard InChI is InChI=1S/C19H22N2O2/c22-19(23-17-11-13-20-14-12-17)18(15-7-3-1-4-8-15)21-16-9-5-2-6-10-16/h1-10,17-18,20-21H,11-14H2. The van der Waals surface area contributed by atoms with Crippen LogP contribution in [0.15, 0.2) is 60.7 Å². The van der Waals surface area contributed by atoms with Crippen LogP contribution in [-0.4, -0.2) is 25.2 Å². The third-order valence-corrected chi connectivity index (χ3v) is 4.02. The van der Waals surface area contributed by atoms with Crippen molar-refractivity contribution in [3.05, 3.63) is 66.2 Å². The summed E-state index contributed by atoms with van der Waals surface area (Å²) in [7, 11) is 0. The maximum absolute atomic E-state index is 12.7. The van der Waals surface area contributed by atoms with Gasteiger partial charge in [0, 0.05) is 5.69 Å². The van der Waals surface area contributed by atoms with Gasteiger partial charge < -0.3 is 15.4 Å². The van der Waals surface area contributed by atoms with Gasteiger partial charge in [-0.15, -0.1) is 0 Å². The van der Waals surface area contributed by atoms with Crippen LogP contribution in [0.2, 0.25) is 0 Å². The van der Waals surface area contributed by atoms with Crippen LogP contribution >= 0.6 is 0 Å². The Morgan fingerprint density at radius 2 is 1.61 bits per heavy atom. The molecule has 2 aromatic carbocycles. The molecule has 1 unspecified atom stereocenters. The number of rotatable bonds is 5. The Morgan fingerprint density at radius 1 is 1.00 bits per heavy atom. The molecule has 1 saturated heterocycles. The van der Waals surface area contributed by atoms with Crippen LogP contribution < -0.4 is 10.6 Å². The Bertz CT molecular complexity index is 610. The zero-order chi connectivity index (χ0) is 15.9. The molecule has 0 radical (unpaired) electrons. The minimum atomic E-state index is -0.492. The van der Waals surface area contributed by atoms with E-state index in [4.69, 9.17) is 4.74 Å². The van der Waals surface area contributed by atoms with E-state index < -0.39 is 6.04 Å². The van der Waals surface area contributed by atoms with E-state index >= 15 is 0 Å². The van der Waals surface area contributed by atoms with Gasteiger partial charge in [-0.25, -0.2) is 4.79 Å². The predicted octanol–water partition coefficient (Wildman–Crippen LogP) is 3.14. The average molecular weight is 310 g/mol. The highest BCUT2D eigenvalue weighted by Gasteiger charge is 2.26. The topological polar surface area (TPSA) is 50.4 Å². The highest BCUT2D eigenvalue weighted by atomic mass is 16.5. The van der Waals surface area contributed by atoms with Crippen LogP contribution in [-0.2, 0) is 9.53 Å². The molecule has 0 aromatic heterocycles. The number of para-hydroxylation sites is 1. The zero-order valence-corrected chi connectivity index (χ0v) is 13.1. The van der Waals surface area contributed by atoms with Crippen molar-refractivity contribution in [1.29, 1.82) is 0 Å². The van der Waals surface area contributed by atoms with Crippen molar-refractivity contribution in [1.82, 2.24) is 5.32 Å². The van der Waals surface area contributed by atoms with Gasteiger partial charge in [0.1, 0.15) is 6.10 Å². The molecule has 0 amide bonds. The number of hydrogen-bond donors (Lipinski definition) is 2. The molecule has 1 fully saturated rings. The molecule has 23 heavy (non-hydrogen) atoms. The first-order chi connectivity index (χ1) is 11.3. The van der Waals surface area contributed by atoms with Crippen LogP contribution in [0.4, 0.5) is 5.69 Å². The quantitative estimate of drug-likeness (QED) is 0.833. The van der Waals surface area contributed by atoms with E-state index in [2.05, 4.69) is 10.6 Å². The van der Waals surface area contributed by atoms with Crippen LogP contribution in [0.5, 0.6) is 0 Å². The van der Waals surface area contributed by atoms with E-state index in [-0.39, 0.29) is 12.1 Å². The number of anilines is 1. The second kappa shape index (κ2) is 7.79. The third kappa shape index (κ3) is 4.33. The minimum absolute atomic E-state index is 0.00698. The first-order valence-corrected chi connectivity index (χ1v) is 8.10. The summed E-state index contributed by atoms with van der Waals surface area (Å²) in [5, 5.41) is 6.58. The van der Waals surface area contributed by atoms with Crippen LogP contribution in [0, 0.1) is 0 Å². The normalized spacial score (nSPS) is 16.5. The van der Waals surface area contributed by atoms with Gasteiger partial charge in [0.2, 0.25) is 0 Å². The van der Waals surface area contributed by atoms with Gasteiger partial charge in [0.25, 0.3) is 0 Å². The lowest BCUT2D eigenvalue weighted by Crippen LogP contribution is -2.36. The predicted molar refractivity (Wildman–Crippen MR) is 91.2 cm³/mol. The second-order valence-electron chi connectivity index (χ2n) is 5.74. The van der Waals surface area contributed by atoms with Crippen molar-refractivity contribution in [3.8, 4) is 0 Å². The zero-order valence-electron chi connectivity index (χ0n) is 13.1. The molecule has 2 N–H and O–H groups in total.